The average molecular weight is 478 g/mol. The largest absolute Gasteiger partial charge is 0.357 e. The van der Waals surface area contributed by atoms with Gasteiger partial charge in [-0.05, 0) is 39.7 Å². The molecule has 3 rings (SSSR count). The molecule has 2 unspecified atom stereocenters. The molecule has 0 aromatic rings. The van der Waals surface area contributed by atoms with Crippen LogP contribution in [0.5, 0.6) is 0 Å². The summed E-state index contributed by atoms with van der Waals surface area (Å²) >= 11 is 0. The van der Waals surface area contributed by atoms with Crippen LogP contribution in [0.2, 0.25) is 0 Å². The third kappa shape index (κ3) is 4.99. The molecule has 0 aromatic heterocycles. The van der Waals surface area contributed by atoms with Gasteiger partial charge in [0.1, 0.15) is 0 Å². The van der Waals surface area contributed by atoms with Gasteiger partial charge < -0.3 is 20.9 Å². The van der Waals surface area contributed by atoms with Crippen molar-refractivity contribution in [2.24, 2.45) is 4.99 Å². The molecule has 0 spiro atoms. The number of halogens is 1. The maximum absolute atomic E-state index is 11.6. The number of carbonyl (C=O) groups excluding carboxylic acids is 2. The molecule has 148 valence electrons. The van der Waals surface area contributed by atoms with E-state index in [9.17, 15) is 9.59 Å². The highest BCUT2D eigenvalue weighted by atomic mass is 127. The summed E-state index contributed by atoms with van der Waals surface area (Å²) in [6, 6.07) is 1.44. The molecule has 3 saturated heterocycles. The third-order valence-electron chi connectivity index (χ3n) is 5.56. The lowest BCUT2D eigenvalue weighted by atomic mass is 9.82. The van der Waals surface area contributed by atoms with Gasteiger partial charge in [0.2, 0.25) is 5.91 Å². The van der Waals surface area contributed by atoms with E-state index in [0.29, 0.717) is 31.2 Å². The smallest absolute Gasteiger partial charge is 0.324 e. The van der Waals surface area contributed by atoms with Crippen LogP contribution in [0.25, 0.3) is 0 Å². The van der Waals surface area contributed by atoms with Crippen LogP contribution in [0.3, 0.4) is 0 Å². The van der Waals surface area contributed by atoms with Crippen molar-refractivity contribution >= 4 is 41.9 Å². The van der Waals surface area contributed by atoms with Crippen molar-refractivity contribution in [3.05, 3.63) is 0 Å². The Morgan fingerprint density at radius 2 is 1.96 bits per heavy atom. The minimum absolute atomic E-state index is 0. The first kappa shape index (κ1) is 21.2. The first-order chi connectivity index (χ1) is 12.1. The molecular weight excluding hydrogens is 447 g/mol. The van der Waals surface area contributed by atoms with Gasteiger partial charge in [-0.1, -0.05) is 6.42 Å². The monoisotopic (exact) mass is 478 g/mol. The summed E-state index contributed by atoms with van der Waals surface area (Å²) in [5, 5.41) is 9.37. The molecule has 0 aliphatic carbocycles. The molecule has 2 atom stereocenters. The standard InChI is InChI=1S/C17H30N6O2.HI/c1-3-18-16(19-7-8-23-15(24)11-20-17(23)25)21-12-9-13-5-4-6-14(10-12)22(13)2;/h12-14H,3-11H2,1-2H3,(H,20,25)(H2,18,19,21);1H. The fourth-order valence-corrected chi connectivity index (χ4v) is 4.19. The number of aliphatic imine (C=N–C) groups is 1. The molecular formula is C17H31IN6O2. The van der Waals surface area contributed by atoms with Crippen LogP contribution in [0.4, 0.5) is 4.79 Å². The number of imide groups is 1. The fraction of sp³-hybridized carbons (Fsp3) is 0.824. The van der Waals surface area contributed by atoms with Crippen LogP contribution in [-0.4, -0.2) is 79.0 Å². The van der Waals surface area contributed by atoms with Gasteiger partial charge in [0.15, 0.2) is 5.96 Å². The van der Waals surface area contributed by atoms with E-state index < -0.39 is 0 Å². The number of hydrogen-bond acceptors (Lipinski definition) is 4. The Bertz CT molecular complexity index is 513. The van der Waals surface area contributed by atoms with Gasteiger partial charge in [-0.25, -0.2) is 4.79 Å². The molecule has 8 nitrogen and oxygen atoms in total. The van der Waals surface area contributed by atoms with Crippen molar-refractivity contribution in [1.29, 1.82) is 0 Å². The van der Waals surface area contributed by atoms with E-state index in [0.717, 1.165) is 25.3 Å². The minimum atomic E-state index is -0.318. The fourth-order valence-electron chi connectivity index (χ4n) is 4.19. The lowest BCUT2D eigenvalue weighted by Gasteiger charge is -2.47. The predicted molar refractivity (Wildman–Crippen MR) is 112 cm³/mol. The van der Waals surface area contributed by atoms with Gasteiger partial charge in [-0.2, -0.15) is 0 Å². The van der Waals surface area contributed by atoms with Crippen LogP contribution in [0.15, 0.2) is 4.99 Å². The number of carbonyl (C=O) groups is 2. The number of nitrogens with zero attached hydrogens (tertiary/aromatic N) is 3. The normalized spacial score (nSPS) is 29.2. The van der Waals surface area contributed by atoms with E-state index in [-0.39, 0.29) is 42.5 Å². The topological polar surface area (TPSA) is 89.1 Å². The Morgan fingerprint density at radius 1 is 1.27 bits per heavy atom. The number of amides is 3. The Balaban J connectivity index is 0.00000243. The molecule has 0 radical (unpaired) electrons. The molecule has 3 amide bonds. The summed E-state index contributed by atoms with van der Waals surface area (Å²) in [4.78, 5) is 31.5. The van der Waals surface area contributed by atoms with Gasteiger partial charge >= 0.3 is 6.03 Å². The maximum atomic E-state index is 11.6. The van der Waals surface area contributed by atoms with Gasteiger partial charge in [-0.3, -0.25) is 14.7 Å². The van der Waals surface area contributed by atoms with E-state index in [1.54, 1.807) is 0 Å². The SMILES string of the molecule is CCNC(=NCCN1C(=O)CNC1=O)NC1CC2CCCC(C1)N2C.I. The number of fused-ring (bicyclic) bond motifs is 2. The second-order valence-electron chi connectivity index (χ2n) is 7.18. The van der Waals surface area contributed by atoms with Crippen LogP contribution in [-0.2, 0) is 4.79 Å². The van der Waals surface area contributed by atoms with Crippen LogP contribution in [0, 0.1) is 0 Å². The van der Waals surface area contributed by atoms with Gasteiger partial charge in [0.25, 0.3) is 0 Å². The quantitative estimate of drug-likeness (QED) is 0.235. The molecule has 3 N–H and O–H groups in total. The van der Waals surface area contributed by atoms with Gasteiger partial charge in [0, 0.05) is 24.7 Å². The molecule has 2 bridgehead atoms. The second kappa shape index (κ2) is 9.72. The molecule has 3 aliphatic heterocycles. The minimum Gasteiger partial charge on any atom is -0.357 e. The number of rotatable bonds is 5. The van der Waals surface area contributed by atoms with E-state index in [1.807, 2.05) is 6.92 Å². The highest BCUT2D eigenvalue weighted by Gasteiger charge is 2.36. The first-order valence-corrected chi connectivity index (χ1v) is 9.43. The lowest BCUT2D eigenvalue weighted by molar-refractivity contribution is -0.124. The van der Waals surface area contributed by atoms with Crippen molar-refractivity contribution in [3.63, 3.8) is 0 Å². The summed E-state index contributed by atoms with van der Waals surface area (Å²) in [6.45, 7) is 3.65. The molecule has 3 fully saturated rings. The molecule has 26 heavy (non-hydrogen) atoms. The van der Waals surface area contributed by atoms with Crippen LogP contribution < -0.4 is 16.0 Å². The third-order valence-corrected chi connectivity index (χ3v) is 5.56. The zero-order valence-electron chi connectivity index (χ0n) is 15.7. The van der Waals surface area contributed by atoms with Crippen molar-refractivity contribution in [1.82, 2.24) is 25.8 Å². The van der Waals surface area contributed by atoms with Crippen molar-refractivity contribution in [2.75, 3.05) is 33.2 Å². The van der Waals surface area contributed by atoms with Crippen LogP contribution >= 0.6 is 24.0 Å². The summed E-state index contributed by atoms with van der Waals surface area (Å²) < 4.78 is 0. The average Bonchev–Trinajstić information content (AvgIpc) is 2.88. The lowest BCUT2D eigenvalue weighted by Crippen LogP contribution is -2.56. The first-order valence-electron chi connectivity index (χ1n) is 9.43. The van der Waals surface area contributed by atoms with Crippen molar-refractivity contribution < 1.29 is 9.59 Å². The van der Waals surface area contributed by atoms with E-state index >= 15 is 0 Å². The Hall–Kier alpha value is -1.10. The Morgan fingerprint density at radius 3 is 2.54 bits per heavy atom. The second-order valence-corrected chi connectivity index (χ2v) is 7.18. The highest BCUT2D eigenvalue weighted by molar-refractivity contribution is 14.0. The molecule has 9 heteroatoms. The Labute approximate surface area is 172 Å². The number of piperidine rings is 2. The summed E-state index contributed by atoms with van der Waals surface area (Å²) in [7, 11) is 2.25. The number of guanidine groups is 1. The van der Waals surface area contributed by atoms with Crippen molar-refractivity contribution in [2.45, 2.75) is 57.2 Å². The van der Waals surface area contributed by atoms with Crippen LogP contribution in [0.1, 0.15) is 39.0 Å². The van der Waals surface area contributed by atoms with E-state index in [2.05, 4.69) is 32.9 Å². The van der Waals surface area contributed by atoms with Gasteiger partial charge in [-0.15, -0.1) is 24.0 Å². The Kier molecular flexibility index (Phi) is 7.93. The van der Waals surface area contributed by atoms with Gasteiger partial charge in [0.05, 0.1) is 19.6 Å². The zero-order valence-corrected chi connectivity index (χ0v) is 18.0. The molecule has 0 aromatic carbocycles. The number of urea groups is 1. The zero-order chi connectivity index (χ0) is 17.8. The number of nitrogens with one attached hydrogen (secondary N) is 3. The van der Waals surface area contributed by atoms with E-state index in [4.69, 9.17) is 0 Å². The molecule has 3 aliphatic rings. The summed E-state index contributed by atoms with van der Waals surface area (Å²) in [5.41, 5.74) is 0. The predicted octanol–water partition coefficient (Wildman–Crippen LogP) is 0.727. The maximum Gasteiger partial charge on any atom is 0.324 e. The van der Waals surface area contributed by atoms with Crippen molar-refractivity contribution in [3.8, 4) is 0 Å². The highest BCUT2D eigenvalue weighted by Crippen LogP contribution is 2.32. The summed E-state index contributed by atoms with van der Waals surface area (Å²) in [6.07, 6.45) is 6.19. The molecule has 0 saturated carbocycles. The van der Waals surface area contributed by atoms with E-state index in [1.165, 1.54) is 24.2 Å². The number of hydrogen-bond donors (Lipinski definition) is 3. The summed E-state index contributed by atoms with van der Waals surface area (Å²) in [5.74, 6) is 0.600. The molecule has 3 heterocycles.